The van der Waals surface area contributed by atoms with Gasteiger partial charge in [-0.1, -0.05) is 11.3 Å². The molecule has 0 spiro atoms. The largest absolute Gasteiger partial charge is 0.450 e. The Morgan fingerprint density at radius 3 is 2.41 bits per heavy atom. The molecule has 0 N–H and O–H groups in total. The van der Waals surface area contributed by atoms with Crippen molar-refractivity contribution in [2.24, 2.45) is 4.99 Å². The molecule has 4 rings (SSSR count). The molecule has 1 fully saturated rings. The van der Waals surface area contributed by atoms with Gasteiger partial charge in [0.25, 0.3) is 11.6 Å². The van der Waals surface area contributed by atoms with Crippen LogP contribution in [0.5, 0.6) is 0 Å². The molecular formula is C24H27N5O8S2. The fourth-order valence-electron chi connectivity index (χ4n) is 4.06. The van der Waals surface area contributed by atoms with Crippen LogP contribution in [0.25, 0.3) is 10.2 Å². The van der Waals surface area contributed by atoms with Gasteiger partial charge in [0.15, 0.2) is 4.80 Å². The number of hydrogen-bond acceptors (Lipinski definition) is 9. The molecule has 1 saturated heterocycles. The minimum absolute atomic E-state index is 0.0213. The van der Waals surface area contributed by atoms with Gasteiger partial charge in [-0.3, -0.25) is 14.9 Å². The van der Waals surface area contributed by atoms with Crippen LogP contribution in [-0.2, 0) is 26.0 Å². The number of aromatic nitrogens is 1. The van der Waals surface area contributed by atoms with Crippen molar-refractivity contribution in [3.05, 3.63) is 62.9 Å². The lowest BCUT2D eigenvalue weighted by Crippen LogP contribution is -2.50. The first kappa shape index (κ1) is 28.4. The van der Waals surface area contributed by atoms with Gasteiger partial charge in [0, 0.05) is 57.5 Å². The zero-order valence-corrected chi connectivity index (χ0v) is 22.9. The summed E-state index contributed by atoms with van der Waals surface area (Å²) in [6, 6.07) is 9.91. The lowest BCUT2D eigenvalue weighted by atomic mass is 10.2. The number of thiazole rings is 1. The average Bonchev–Trinajstić information content (AvgIpc) is 3.27. The van der Waals surface area contributed by atoms with Crippen LogP contribution in [0.3, 0.4) is 0 Å². The number of amides is 2. The molecule has 13 nitrogen and oxygen atoms in total. The highest BCUT2D eigenvalue weighted by Crippen LogP contribution is 2.24. The van der Waals surface area contributed by atoms with Gasteiger partial charge >= 0.3 is 6.09 Å². The van der Waals surface area contributed by atoms with Crippen molar-refractivity contribution in [2.75, 3.05) is 46.5 Å². The Bertz CT molecular complexity index is 1560. The normalized spacial score (nSPS) is 15.0. The number of hydrogen-bond donors (Lipinski definition) is 0. The third kappa shape index (κ3) is 6.16. The fourth-order valence-corrected chi connectivity index (χ4v) is 6.56. The number of benzene rings is 2. The average molecular weight is 578 g/mol. The number of rotatable bonds is 8. The summed E-state index contributed by atoms with van der Waals surface area (Å²) in [4.78, 5) is 41.6. The Kier molecular flexibility index (Phi) is 8.74. The Labute approximate surface area is 228 Å². The number of nitro groups is 1. The topological polar surface area (TPSA) is 154 Å². The van der Waals surface area contributed by atoms with Crippen LogP contribution in [0.1, 0.15) is 17.3 Å². The van der Waals surface area contributed by atoms with Crippen molar-refractivity contribution in [1.82, 2.24) is 13.8 Å². The summed E-state index contributed by atoms with van der Waals surface area (Å²) in [5, 5.41) is 11.2. The number of sulfonamides is 1. The summed E-state index contributed by atoms with van der Waals surface area (Å²) in [6.07, 6.45) is -0.471. The lowest BCUT2D eigenvalue weighted by Gasteiger charge is -2.33. The van der Waals surface area contributed by atoms with E-state index in [9.17, 15) is 28.1 Å². The Balaban J connectivity index is 1.55. The third-order valence-electron chi connectivity index (χ3n) is 6.10. The SMILES string of the molecule is CCOC(=O)N1CCN(S(=O)(=O)c2ccc(C(=O)N=c3sc4cc([N+](=O)[O-])ccc4n3CCOC)cc2)CC1. The molecule has 3 aromatic rings. The van der Waals surface area contributed by atoms with Crippen molar-refractivity contribution >= 4 is 49.3 Å². The third-order valence-corrected chi connectivity index (χ3v) is 9.05. The minimum Gasteiger partial charge on any atom is -0.450 e. The maximum absolute atomic E-state index is 13.1. The number of ether oxygens (including phenoxy) is 2. The summed E-state index contributed by atoms with van der Waals surface area (Å²) < 4.78 is 40.0. The summed E-state index contributed by atoms with van der Waals surface area (Å²) in [6.45, 7) is 3.35. The van der Waals surface area contributed by atoms with E-state index >= 15 is 0 Å². The van der Waals surface area contributed by atoms with Crippen molar-refractivity contribution < 1.29 is 32.4 Å². The van der Waals surface area contributed by atoms with Gasteiger partial charge in [-0.2, -0.15) is 9.30 Å². The smallest absolute Gasteiger partial charge is 0.409 e. The van der Waals surface area contributed by atoms with E-state index in [-0.39, 0.29) is 48.9 Å². The zero-order chi connectivity index (χ0) is 28.2. The predicted molar refractivity (Wildman–Crippen MR) is 142 cm³/mol. The number of fused-ring (bicyclic) bond motifs is 1. The molecule has 0 radical (unpaired) electrons. The van der Waals surface area contributed by atoms with Crippen LogP contribution in [0.15, 0.2) is 52.4 Å². The first-order valence-corrected chi connectivity index (χ1v) is 14.3. The molecule has 0 aliphatic carbocycles. The van der Waals surface area contributed by atoms with Gasteiger partial charge in [-0.25, -0.2) is 13.2 Å². The monoisotopic (exact) mass is 577 g/mol. The standard InChI is InChI=1S/C24H27N5O8S2/c1-3-37-24(31)26-10-12-27(13-11-26)39(34,35)19-7-4-17(5-8-19)22(30)25-23-28(14-15-36-2)20-9-6-18(29(32)33)16-21(20)38-23/h4-9,16H,3,10-15H2,1-2H3. The molecule has 2 amide bonds. The molecule has 1 aromatic heterocycles. The van der Waals surface area contributed by atoms with Crippen LogP contribution in [0.2, 0.25) is 0 Å². The van der Waals surface area contributed by atoms with Crippen LogP contribution in [-0.4, -0.2) is 85.6 Å². The predicted octanol–water partition coefficient (Wildman–Crippen LogP) is 2.46. The van der Waals surface area contributed by atoms with Gasteiger partial charge in [0.2, 0.25) is 10.0 Å². The number of carbonyl (C=O) groups is 2. The van der Waals surface area contributed by atoms with Gasteiger partial charge in [-0.15, -0.1) is 0 Å². The van der Waals surface area contributed by atoms with Gasteiger partial charge < -0.3 is 18.9 Å². The molecule has 0 bridgehead atoms. The quantitative estimate of drug-likeness (QED) is 0.292. The Morgan fingerprint density at radius 2 is 1.79 bits per heavy atom. The van der Waals surface area contributed by atoms with Crippen LogP contribution >= 0.6 is 11.3 Å². The second-order valence-electron chi connectivity index (χ2n) is 8.47. The summed E-state index contributed by atoms with van der Waals surface area (Å²) in [5.41, 5.74) is 0.793. The van der Waals surface area contributed by atoms with E-state index in [0.717, 1.165) is 11.3 Å². The molecular weight excluding hydrogens is 550 g/mol. The Hall–Kier alpha value is -3.66. The van der Waals surface area contributed by atoms with E-state index in [2.05, 4.69) is 4.99 Å². The van der Waals surface area contributed by atoms with Gasteiger partial charge in [0.05, 0.1) is 33.2 Å². The zero-order valence-electron chi connectivity index (χ0n) is 21.3. The maximum Gasteiger partial charge on any atom is 0.409 e. The van der Waals surface area contributed by atoms with Crippen molar-refractivity contribution in [2.45, 2.75) is 18.4 Å². The van der Waals surface area contributed by atoms with E-state index in [1.165, 1.54) is 52.7 Å². The maximum atomic E-state index is 13.1. The van der Waals surface area contributed by atoms with Crippen LogP contribution in [0.4, 0.5) is 10.5 Å². The highest BCUT2D eigenvalue weighted by atomic mass is 32.2. The van der Waals surface area contributed by atoms with Crippen LogP contribution in [0, 0.1) is 10.1 Å². The van der Waals surface area contributed by atoms with Crippen molar-refractivity contribution in [3.8, 4) is 0 Å². The Morgan fingerprint density at radius 1 is 1.10 bits per heavy atom. The van der Waals surface area contributed by atoms with E-state index in [1.54, 1.807) is 17.6 Å². The number of non-ortho nitro benzene ring substituents is 1. The molecule has 0 saturated carbocycles. The minimum atomic E-state index is -3.83. The van der Waals surface area contributed by atoms with Gasteiger partial charge in [0.1, 0.15) is 0 Å². The fraction of sp³-hybridized carbons (Fsp3) is 0.375. The molecule has 1 aliphatic heterocycles. The molecule has 2 heterocycles. The molecule has 2 aromatic carbocycles. The second kappa shape index (κ2) is 12.0. The lowest BCUT2D eigenvalue weighted by molar-refractivity contribution is -0.384. The van der Waals surface area contributed by atoms with E-state index in [1.807, 2.05) is 0 Å². The summed E-state index contributed by atoms with van der Waals surface area (Å²) >= 11 is 1.14. The molecule has 1 aliphatic rings. The van der Waals surface area contributed by atoms with E-state index < -0.39 is 26.9 Å². The summed E-state index contributed by atoms with van der Waals surface area (Å²) in [5.74, 6) is -0.589. The first-order chi connectivity index (χ1) is 18.6. The van der Waals surface area contributed by atoms with Gasteiger partial charge in [-0.05, 0) is 37.3 Å². The number of methoxy groups -OCH3 is 1. The number of carbonyl (C=O) groups excluding carboxylic acids is 2. The first-order valence-electron chi connectivity index (χ1n) is 12.0. The number of nitro benzene ring substituents is 1. The molecule has 0 atom stereocenters. The number of piperazine rings is 1. The second-order valence-corrected chi connectivity index (χ2v) is 11.4. The molecule has 39 heavy (non-hydrogen) atoms. The molecule has 15 heteroatoms. The van der Waals surface area contributed by atoms with Crippen molar-refractivity contribution in [3.63, 3.8) is 0 Å². The van der Waals surface area contributed by atoms with E-state index in [0.29, 0.717) is 28.2 Å². The molecule has 208 valence electrons. The van der Waals surface area contributed by atoms with Crippen molar-refractivity contribution in [1.29, 1.82) is 0 Å². The van der Waals surface area contributed by atoms with E-state index in [4.69, 9.17) is 9.47 Å². The highest BCUT2D eigenvalue weighted by molar-refractivity contribution is 7.89. The highest BCUT2D eigenvalue weighted by Gasteiger charge is 2.30. The van der Waals surface area contributed by atoms with Crippen LogP contribution < -0.4 is 4.80 Å². The molecule has 0 unspecified atom stereocenters. The number of nitrogens with zero attached hydrogens (tertiary/aromatic N) is 5. The summed E-state index contributed by atoms with van der Waals surface area (Å²) in [7, 11) is -2.29.